The van der Waals surface area contributed by atoms with Crippen LogP contribution in [0.2, 0.25) is 0 Å². The molecule has 0 aliphatic heterocycles. The van der Waals surface area contributed by atoms with Crippen LogP contribution in [0.25, 0.3) is 0 Å². The molecule has 1 amide bonds. The van der Waals surface area contributed by atoms with Crippen LogP contribution in [0.5, 0.6) is 0 Å². The van der Waals surface area contributed by atoms with E-state index in [2.05, 4.69) is 5.32 Å². The Labute approximate surface area is 117 Å². The Hall–Kier alpha value is -1.07. The molecule has 0 saturated heterocycles. The predicted molar refractivity (Wildman–Crippen MR) is 77.2 cm³/mol. The van der Waals surface area contributed by atoms with E-state index < -0.39 is 0 Å². The summed E-state index contributed by atoms with van der Waals surface area (Å²) in [5.74, 6) is 0.247. The Morgan fingerprint density at radius 1 is 1.42 bits per heavy atom. The Kier molecular flexibility index (Phi) is 6.31. The van der Waals surface area contributed by atoms with Gasteiger partial charge in [0.2, 0.25) is 0 Å². The van der Waals surface area contributed by atoms with E-state index in [0.717, 1.165) is 5.75 Å². The lowest BCUT2D eigenvalue weighted by molar-refractivity contribution is 0.0935. The van der Waals surface area contributed by atoms with Crippen LogP contribution >= 0.6 is 11.8 Å². The second-order valence-electron chi connectivity index (χ2n) is 4.56. The number of nitrogens with one attached hydrogen (secondary N) is 1. The van der Waals surface area contributed by atoms with Crippen LogP contribution in [0.3, 0.4) is 0 Å². The number of rotatable bonds is 6. The minimum Gasteiger partial charge on any atom is -0.396 e. The second-order valence-corrected chi connectivity index (χ2v) is 5.47. The largest absolute Gasteiger partial charge is 0.396 e. The topological polar surface area (TPSA) is 49.3 Å². The predicted octanol–water partition coefficient (Wildman–Crippen LogP) is 2.29. The second kappa shape index (κ2) is 7.50. The molecule has 0 saturated carbocycles. The summed E-state index contributed by atoms with van der Waals surface area (Å²) in [7, 11) is 0. The summed E-state index contributed by atoms with van der Waals surface area (Å²) in [6, 6.07) is 3.03. The van der Waals surface area contributed by atoms with Gasteiger partial charge in [-0.3, -0.25) is 4.79 Å². The molecular weight excluding hydrogens is 265 g/mol. The molecular formula is C14H20FNO2S. The fourth-order valence-corrected chi connectivity index (χ4v) is 2.55. The Balaban J connectivity index is 2.82. The Bertz CT molecular complexity index is 422. The van der Waals surface area contributed by atoms with Crippen LogP contribution in [0.1, 0.15) is 27.9 Å². The van der Waals surface area contributed by atoms with Crippen LogP contribution in [0.15, 0.2) is 12.1 Å². The highest BCUT2D eigenvalue weighted by atomic mass is 32.2. The number of halogens is 1. The number of aliphatic hydroxyl groups excluding tert-OH is 1. The molecule has 0 aliphatic rings. The SMILES string of the molecule is CSCC(CCO)NC(=O)c1cc(C)c(F)c(C)c1. The molecule has 1 rings (SSSR count). The van der Waals surface area contributed by atoms with Crippen LogP contribution in [0.4, 0.5) is 4.39 Å². The van der Waals surface area contributed by atoms with Gasteiger partial charge in [-0.2, -0.15) is 11.8 Å². The summed E-state index contributed by atoms with van der Waals surface area (Å²) in [6.45, 7) is 3.32. The number of aliphatic hydroxyl groups is 1. The van der Waals surface area contributed by atoms with Crippen molar-refractivity contribution in [1.29, 1.82) is 0 Å². The van der Waals surface area contributed by atoms with Crippen molar-refractivity contribution in [2.24, 2.45) is 0 Å². The number of benzene rings is 1. The summed E-state index contributed by atoms with van der Waals surface area (Å²) in [4.78, 5) is 12.1. The van der Waals surface area contributed by atoms with Crippen molar-refractivity contribution >= 4 is 17.7 Å². The van der Waals surface area contributed by atoms with Crippen molar-refractivity contribution < 1.29 is 14.3 Å². The van der Waals surface area contributed by atoms with Crippen molar-refractivity contribution in [2.45, 2.75) is 26.3 Å². The molecule has 0 heterocycles. The number of thioether (sulfide) groups is 1. The zero-order valence-electron chi connectivity index (χ0n) is 11.5. The summed E-state index contributed by atoms with van der Waals surface area (Å²) in [6.07, 6.45) is 2.47. The number of hydrogen-bond acceptors (Lipinski definition) is 3. The van der Waals surface area contributed by atoms with Crippen LogP contribution in [-0.4, -0.2) is 35.7 Å². The molecule has 2 N–H and O–H groups in total. The third-order valence-electron chi connectivity index (χ3n) is 2.88. The first-order chi connectivity index (χ1) is 8.99. The molecule has 0 spiro atoms. The summed E-state index contributed by atoms with van der Waals surface area (Å²) >= 11 is 1.61. The van der Waals surface area contributed by atoms with Crippen molar-refractivity contribution in [2.75, 3.05) is 18.6 Å². The van der Waals surface area contributed by atoms with E-state index in [0.29, 0.717) is 23.1 Å². The fraction of sp³-hybridized carbons (Fsp3) is 0.500. The molecule has 106 valence electrons. The molecule has 0 bridgehead atoms. The number of amides is 1. The van der Waals surface area contributed by atoms with Gasteiger partial charge in [-0.1, -0.05) is 0 Å². The zero-order valence-corrected chi connectivity index (χ0v) is 12.3. The summed E-state index contributed by atoms with van der Waals surface area (Å²) in [5.41, 5.74) is 1.39. The third-order valence-corrected chi connectivity index (χ3v) is 3.61. The molecule has 0 fully saturated rings. The van der Waals surface area contributed by atoms with Gasteiger partial charge < -0.3 is 10.4 Å². The molecule has 19 heavy (non-hydrogen) atoms. The van der Waals surface area contributed by atoms with Gasteiger partial charge in [0.05, 0.1) is 0 Å². The lowest BCUT2D eigenvalue weighted by Crippen LogP contribution is -2.37. The Morgan fingerprint density at radius 2 is 2.00 bits per heavy atom. The number of hydrogen-bond donors (Lipinski definition) is 2. The van der Waals surface area contributed by atoms with Crippen molar-refractivity contribution in [3.8, 4) is 0 Å². The summed E-state index contributed by atoms with van der Waals surface area (Å²) < 4.78 is 13.5. The summed E-state index contributed by atoms with van der Waals surface area (Å²) in [5, 5.41) is 11.8. The average Bonchev–Trinajstić information content (AvgIpc) is 2.35. The van der Waals surface area contributed by atoms with Crippen molar-refractivity contribution in [3.63, 3.8) is 0 Å². The van der Waals surface area contributed by atoms with E-state index in [4.69, 9.17) is 5.11 Å². The van der Waals surface area contributed by atoms with Crippen LogP contribution < -0.4 is 5.32 Å². The molecule has 5 heteroatoms. The fourth-order valence-electron chi connectivity index (χ4n) is 1.90. The van der Waals surface area contributed by atoms with Crippen LogP contribution in [0, 0.1) is 19.7 Å². The standard InChI is InChI=1S/C14H20FNO2S/c1-9-6-11(7-10(2)13(9)15)14(18)16-12(4-5-17)8-19-3/h6-7,12,17H,4-5,8H2,1-3H3,(H,16,18). The van der Waals surface area contributed by atoms with E-state index in [1.54, 1.807) is 37.7 Å². The highest BCUT2D eigenvalue weighted by Crippen LogP contribution is 2.15. The molecule has 0 aromatic heterocycles. The zero-order chi connectivity index (χ0) is 14.4. The van der Waals surface area contributed by atoms with Crippen molar-refractivity contribution in [3.05, 3.63) is 34.6 Å². The van der Waals surface area contributed by atoms with Crippen LogP contribution in [-0.2, 0) is 0 Å². The monoisotopic (exact) mass is 285 g/mol. The quantitative estimate of drug-likeness (QED) is 0.843. The smallest absolute Gasteiger partial charge is 0.251 e. The molecule has 1 aromatic rings. The maximum Gasteiger partial charge on any atom is 0.251 e. The first-order valence-electron chi connectivity index (χ1n) is 6.17. The number of carbonyl (C=O) groups is 1. The minimum atomic E-state index is -0.271. The van der Waals surface area contributed by atoms with Gasteiger partial charge in [0, 0.05) is 24.0 Å². The maximum atomic E-state index is 13.5. The van der Waals surface area contributed by atoms with E-state index in [-0.39, 0.29) is 24.4 Å². The minimum absolute atomic E-state index is 0.0347. The van der Waals surface area contributed by atoms with Gasteiger partial charge in [0.1, 0.15) is 5.82 Å². The molecule has 0 aliphatic carbocycles. The molecule has 1 aromatic carbocycles. The third kappa shape index (κ3) is 4.51. The average molecular weight is 285 g/mol. The molecule has 1 atom stereocenters. The number of carbonyl (C=O) groups excluding carboxylic acids is 1. The maximum absolute atomic E-state index is 13.5. The van der Waals surface area contributed by atoms with Gasteiger partial charge in [-0.15, -0.1) is 0 Å². The van der Waals surface area contributed by atoms with Gasteiger partial charge in [-0.25, -0.2) is 4.39 Å². The first-order valence-corrected chi connectivity index (χ1v) is 7.56. The van der Waals surface area contributed by atoms with Gasteiger partial charge in [0.25, 0.3) is 5.91 Å². The van der Waals surface area contributed by atoms with Gasteiger partial charge in [-0.05, 0) is 49.8 Å². The van der Waals surface area contributed by atoms with Crippen molar-refractivity contribution in [1.82, 2.24) is 5.32 Å². The van der Waals surface area contributed by atoms with E-state index >= 15 is 0 Å². The first kappa shape index (κ1) is 16.0. The van der Waals surface area contributed by atoms with Gasteiger partial charge >= 0.3 is 0 Å². The molecule has 0 radical (unpaired) electrons. The van der Waals surface area contributed by atoms with E-state index in [9.17, 15) is 9.18 Å². The highest BCUT2D eigenvalue weighted by molar-refractivity contribution is 7.98. The molecule has 3 nitrogen and oxygen atoms in total. The Morgan fingerprint density at radius 3 is 2.47 bits per heavy atom. The van der Waals surface area contributed by atoms with E-state index in [1.165, 1.54) is 0 Å². The molecule has 1 unspecified atom stereocenters. The van der Waals surface area contributed by atoms with E-state index in [1.807, 2.05) is 6.26 Å². The normalized spacial score (nSPS) is 12.3. The highest BCUT2D eigenvalue weighted by Gasteiger charge is 2.15. The van der Waals surface area contributed by atoms with Gasteiger partial charge in [0.15, 0.2) is 0 Å². The lowest BCUT2D eigenvalue weighted by atomic mass is 10.1. The number of aryl methyl sites for hydroxylation is 2. The lowest BCUT2D eigenvalue weighted by Gasteiger charge is -2.17.